The van der Waals surface area contributed by atoms with E-state index in [4.69, 9.17) is 7.85 Å². The predicted octanol–water partition coefficient (Wildman–Crippen LogP) is 2.41. The first-order chi connectivity index (χ1) is 14.2. The zero-order valence-corrected chi connectivity index (χ0v) is 16.3. The molecule has 0 aliphatic rings. The Morgan fingerprint density at radius 2 is 2.10 bits per heavy atom. The number of aromatic amines is 1. The molecule has 8 nitrogen and oxygen atoms in total. The maximum Gasteiger partial charge on any atom is 0.180 e. The van der Waals surface area contributed by atoms with E-state index >= 15 is 0 Å². The lowest BCUT2D eigenvalue weighted by Gasteiger charge is -2.07. The largest absolute Gasteiger partial charge is 0.328 e. The minimum absolute atomic E-state index is 0.642. The van der Waals surface area contributed by atoms with E-state index in [2.05, 4.69) is 34.8 Å². The van der Waals surface area contributed by atoms with Crippen molar-refractivity contribution in [3.63, 3.8) is 0 Å². The number of rotatable bonds is 5. The second-order valence-corrected chi connectivity index (χ2v) is 7.43. The second-order valence-electron chi connectivity index (χ2n) is 6.62. The lowest BCUT2D eigenvalue weighted by atomic mass is 9.98. The summed E-state index contributed by atoms with van der Waals surface area (Å²) in [5, 5.41) is 11.1. The lowest BCUT2D eigenvalue weighted by molar-refractivity contribution is 1.05. The summed E-state index contributed by atoms with van der Waals surface area (Å²) in [5.74, 6) is 0.681. The third kappa shape index (κ3) is 3.50. The van der Waals surface area contributed by atoms with Crippen molar-refractivity contribution in [2.75, 3.05) is 5.32 Å². The van der Waals surface area contributed by atoms with Crippen LogP contribution in [0.2, 0.25) is 0 Å². The molecule has 0 amide bonds. The highest BCUT2D eigenvalue weighted by Crippen LogP contribution is 2.27. The van der Waals surface area contributed by atoms with Gasteiger partial charge in [0.05, 0.1) is 29.5 Å². The molecule has 0 aliphatic carbocycles. The quantitative estimate of drug-likeness (QED) is 0.442. The molecule has 0 spiro atoms. The molecule has 0 aliphatic heterocycles. The van der Waals surface area contributed by atoms with Gasteiger partial charge in [0.1, 0.15) is 12.8 Å². The standard InChI is InChI=1S/C19H15BN8S/c1-11-10-28-16(12-6-23-24-7-12)9-22-19(28)18(25-11)26-17-5-15(27-29-17)4-14-3-2-13(20)8-21-14/h2-3,5-10H,4H2,1H3,(H,23,24)(H,25,26). The highest BCUT2D eigenvalue weighted by atomic mass is 32.1. The van der Waals surface area contributed by atoms with Crippen LogP contribution in [0, 0.1) is 6.92 Å². The number of anilines is 2. The summed E-state index contributed by atoms with van der Waals surface area (Å²) in [7, 11) is 5.69. The Hall–Kier alpha value is -3.53. The van der Waals surface area contributed by atoms with Gasteiger partial charge in [-0.25, -0.2) is 9.97 Å². The van der Waals surface area contributed by atoms with Crippen LogP contribution in [0.1, 0.15) is 17.1 Å². The van der Waals surface area contributed by atoms with Gasteiger partial charge >= 0.3 is 0 Å². The van der Waals surface area contributed by atoms with Gasteiger partial charge < -0.3 is 5.32 Å². The van der Waals surface area contributed by atoms with Crippen molar-refractivity contribution >= 4 is 41.3 Å². The number of aryl methyl sites for hydroxylation is 1. The van der Waals surface area contributed by atoms with Gasteiger partial charge in [-0.2, -0.15) is 9.47 Å². The van der Waals surface area contributed by atoms with E-state index in [-0.39, 0.29) is 0 Å². The average molecular weight is 398 g/mol. The minimum atomic E-state index is 0.642. The lowest BCUT2D eigenvalue weighted by Crippen LogP contribution is -2.04. The summed E-state index contributed by atoms with van der Waals surface area (Å²) in [6.07, 6.45) is 9.69. The first-order valence-electron chi connectivity index (χ1n) is 8.92. The number of hydrogen-bond donors (Lipinski definition) is 2. The van der Waals surface area contributed by atoms with Gasteiger partial charge in [-0.3, -0.25) is 14.5 Å². The molecule has 0 aromatic carbocycles. The predicted molar refractivity (Wildman–Crippen MR) is 113 cm³/mol. The molecule has 0 saturated heterocycles. The van der Waals surface area contributed by atoms with Gasteiger partial charge in [0.2, 0.25) is 0 Å². The fraction of sp³-hybridized carbons (Fsp3) is 0.105. The molecule has 2 radical (unpaired) electrons. The van der Waals surface area contributed by atoms with Gasteiger partial charge in [0.15, 0.2) is 11.5 Å². The van der Waals surface area contributed by atoms with Crippen LogP contribution in [0.15, 0.2) is 49.2 Å². The summed E-state index contributed by atoms with van der Waals surface area (Å²) in [5.41, 5.74) is 6.02. The van der Waals surface area contributed by atoms with Crippen LogP contribution in [-0.2, 0) is 6.42 Å². The smallest absolute Gasteiger partial charge is 0.180 e. The number of nitrogens with zero attached hydrogens (tertiary/aromatic N) is 6. The zero-order valence-electron chi connectivity index (χ0n) is 15.5. The fourth-order valence-electron chi connectivity index (χ4n) is 3.09. The maximum atomic E-state index is 5.69. The van der Waals surface area contributed by atoms with Crippen LogP contribution in [0.5, 0.6) is 0 Å². The molecule has 140 valence electrons. The molecule has 2 N–H and O–H groups in total. The Morgan fingerprint density at radius 1 is 1.17 bits per heavy atom. The summed E-state index contributed by atoms with van der Waals surface area (Å²) < 4.78 is 6.53. The zero-order chi connectivity index (χ0) is 19.8. The van der Waals surface area contributed by atoms with Crippen molar-refractivity contribution in [3.05, 3.63) is 66.3 Å². The van der Waals surface area contributed by atoms with Gasteiger partial charge in [-0.1, -0.05) is 11.5 Å². The number of hydrogen-bond acceptors (Lipinski definition) is 7. The summed E-state index contributed by atoms with van der Waals surface area (Å²) >= 11 is 1.38. The Morgan fingerprint density at radius 3 is 2.90 bits per heavy atom. The number of H-pyrrole nitrogens is 1. The highest BCUT2D eigenvalue weighted by molar-refractivity contribution is 7.10. The van der Waals surface area contributed by atoms with Crippen LogP contribution in [0.4, 0.5) is 10.8 Å². The van der Waals surface area contributed by atoms with E-state index in [9.17, 15) is 0 Å². The van der Waals surface area contributed by atoms with Crippen molar-refractivity contribution in [3.8, 4) is 11.3 Å². The number of nitrogens with one attached hydrogen (secondary N) is 2. The number of fused-ring (bicyclic) bond motifs is 1. The molecule has 5 heterocycles. The van der Waals surface area contributed by atoms with Crippen LogP contribution in [-0.4, -0.2) is 41.8 Å². The van der Waals surface area contributed by atoms with E-state index in [1.807, 2.05) is 48.1 Å². The third-order valence-electron chi connectivity index (χ3n) is 4.42. The maximum absolute atomic E-state index is 5.69. The Balaban J connectivity index is 1.43. The Bertz CT molecular complexity index is 1270. The van der Waals surface area contributed by atoms with E-state index in [1.165, 1.54) is 11.5 Å². The molecular formula is C19H15BN8S. The van der Waals surface area contributed by atoms with Crippen molar-refractivity contribution < 1.29 is 0 Å². The molecule has 29 heavy (non-hydrogen) atoms. The van der Waals surface area contributed by atoms with Crippen molar-refractivity contribution in [1.29, 1.82) is 0 Å². The Kier molecular flexibility index (Phi) is 4.32. The third-order valence-corrected chi connectivity index (χ3v) is 5.16. The van der Waals surface area contributed by atoms with Crippen LogP contribution in [0.3, 0.4) is 0 Å². The van der Waals surface area contributed by atoms with E-state index in [1.54, 1.807) is 12.4 Å². The van der Waals surface area contributed by atoms with E-state index in [0.29, 0.717) is 17.7 Å². The Labute approximate surface area is 171 Å². The van der Waals surface area contributed by atoms with Gasteiger partial charge in [-0.15, -0.1) is 0 Å². The normalized spacial score (nSPS) is 11.2. The molecular weight excluding hydrogens is 383 g/mol. The molecule has 0 atom stereocenters. The van der Waals surface area contributed by atoms with Gasteiger partial charge in [0, 0.05) is 36.3 Å². The first kappa shape index (κ1) is 17.6. The van der Waals surface area contributed by atoms with Crippen LogP contribution in [0.25, 0.3) is 16.9 Å². The van der Waals surface area contributed by atoms with E-state index in [0.717, 1.165) is 39.0 Å². The van der Waals surface area contributed by atoms with Crippen LogP contribution < -0.4 is 10.8 Å². The molecule has 5 rings (SSSR count). The van der Waals surface area contributed by atoms with Crippen molar-refractivity contribution in [1.82, 2.24) is 33.9 Å². The molecule has 0 unspecified atom stereocenters. The second kappa shape index (κ2) is 7.14. The molecule has 10 heteroatoms. The molecule has 0 saturated carbocycles. The topological polar surface area (TPSA) is 96.7 Å². The fourth-order valence-corrected chi connectivity index (χ4v) is 3.76. The number of aromatic nitrogens is 7. The molecule has 5 aromatic heterocycles. The van der Waals surface area contributed by atoms with Gasteiger partial charge in [-0.05, 0) is 30.6 Å². The molecule has 0 fully saturated rings. The monoisotopic (exact) mass is 398 g/mol. The summed E-state index contributed by atoms with van der Waals surface area (Å²) in [6.45, 7) is 1.95. The number of pyridine rings is 1. The van der Waals surface area contributed by atoms with Crippen LogP contribution >= 0.6 is 11.5 Å². The number of imidazole rings is 1. The van der Waals surface area contributed by atoms with Gasteiger partial charge in [0.25, 0.3) is 0 Å². The first-order valence-corrected chi connectivity index (χ1v) is 9.70. The van der Waals surface area contributed by atoms with Crippen molar-refractivity contribution in [2.24, 2.45) is 0 Å². The average Bonchev–Trinajstić information content (AvgIpc) is 3.44. The molecule has 0 bridgehead atoms. The highest BCUT2D eigenvalue weighted by Gasteiger charge is 2.14. The summed E-state index contributed by atoms with van der Waals surface area (Å²) in [6, 6.07) is 5.76. The summed E-state index contributed by atoms with van der Waals surface area (Å²) in [4.78, 5) is 13.5. The molecule has 5 aromatic rings. The van der Waals surface area contributed by atoms with E-state index < -0.39 is 0 Å². The SMILES string of the molecule is [B]c1ccc(Cc2cc(Nc3nc(C)cn4c(-c5cn[nH]c5)cnc34)sn2)nc1. The minimum Gasteiger partial charge on any atom is -0.328 e. The van der Waals surface area contributed by atoms with Crippen molar-refractivity contribution in [2.45, 2.75) is 13.3 Å².